The maximum Gasteiger partial charge on any atom is 0.284 e. The highest BCUT2D eigenvalue weighted by atomic mass is 19.3. The molecule has 3 N–H and O–H groups in total. The lowest BCUT2D eigenvalue weighted by Gasteiger charge is -2.28. The third-order valence-corrected chi connectivity index (χ3v) is 7.25. The van der Waals surface area contributed by atoms with Gasteiger partial charge in [0.25, 0.3) is 12.3 Å². The Hall–Kier alpha value is -3.08. The number of aromatic nitrogens is 5. The molecule has 0 spiro atoms. The molecule has 3 aromatic rings. The number of carbonyl (C=O) groups excluding carboxylic acids is 1. The van der Waals surface area contributed by atoms with Gasteiger partial charge in [-0.25, -0.2) is 18.3 Å². The van der Waals surface area contributed by atoms with Gasteiger partial charge in [-0.2, -0.15) is 10.2 Å². The number of fused-ring (bicyclic) bond motifs is 1. The Labute approximate surface area is 201 Å². The summed E-state index contributed by atoms with van der Waals surface area (Å²) in [5.74, 6) is 0.561. The lowest BCUT2D eigenvalue weighted by atomic mass is 9.87. The zero-order valence-corrected chi connectivity index (χ0v) is 19.7. The van der Waals surface area contributed by atoms with E-state index in [0.29, 0.717) is 17.4 Å². The second-order valence-electron chi connectivity index (χ2n) is 9.82. The van der Waals surface area contributed by atoms with Gasteiger partial charge in [-0.3, -0.25) is 9.48 Å². The van der Waals surface area contributed by atoms with Gasteiger partial charge < -0.3 is 15.7 Å². The van der Waals surface area contributed by atoms with Crippen LogP contribution >= 0.6 is 0 Å². The topological polar surface area (TPSA) is 109 Å². The molecular formula is C24H31F2N7O2. The zero-order chi connectivity index (χ0) is 24.5. The highest BCUT2D eigenvalue weighted by Crippen LogP contribution is 2.34. The predicted octanol–water partition coefficient (Wildman–Crippen LogP) is 4.58. The van der Waals surface area contributed by atoms with E-state index in [2.05, 4.69) is 32.7 Å². The van der Waals surface area contributed by atoms with Crippen molar-refractivity contribution in [2.45, 2.75) is 82.9 Å². The molecule has 3 heterocycles. The van der Waals surface area contributed by atoms with Gasteiger partial charge in [0.2, 0.25) is 0 Å². The van der Waals surface area contributed by atoms with Gasteiger partial charge in [0.1, 0.15) is 11.4 Å². The molecule has 188 valence electrons. The van der Waals surface area contributed by atoms with Crippen molar-refractivity contribution in [3.8, 4) is 0 Å². The second kappa shape index (κ2) is 9.88. The number of nitrogens with zero attached hydrogens (tertiary/aromatic N) is 5. The van der Waals surface area contributed by atoms with E-state index < -0.39 is 24.1 Å². The van der Waals surface area contributed by atoms with Gasteiger partial charge in [-0.1, -0.05) is 19.8 Å². The lowest BCUT2D eigenvalue weighted by molar-refractivity contribution is 0.102. The molecule has 2 aliphatic carbocycles. The van der Waals surface area contributed by atoms with Crippen LogP contribution in [0.2, 0.25) is 0 Å². The summed E-state index contributed by atoms with van der Waals surface area (Å²) in [4.78, 5) is 17.6. The number of aliphatic hydroxyl groups excluding tert-OH is 1. The van der Waals surface area contributed by atoms with Crippen LogP contribution in [-0.2, 0) is 0 Å². The molecule has 3 aromatic heterocycles. The fourth-order valence-corrected chi connectivity index (χ4v) is 5.13. The van der Waals surface area contributed by atoms with Crippen LogP contribution in [0.1, 0.15) is 86.8 Å². The van der Waals surface area contributed by atoms with E-state index in [0.717, 1.165) is 51.4 Å². The van der Waals surface area contributed by atoms with Crippen molar-refractivity contribution in [3.05, 3.63) is 35.9 Å². The molecule has 2 aliphatic rings. The first kappa shape index (κ1) is 23.7. The van der Waals surface area contributed by atoms with E-state index >= 15 is 0 Å². The fraction of sp³-hybridized carbons (Fsp3) is 0.583. The quantitative estimate of drug-likeness (QED) is 0.470. The van der Waals surface area contributed by atoms with Crippen LogP contribution in [0.3, 0.4) is 0 Å². The average molecular weight is 488 g/mol. The van der Waals surface area contributed by atoms with E-state index in [4.69, 9.17) is 0 Å². The number of amides is 1. The van der Waals surface area contributed by atoms with Crippen molar-refractivity contribution in [2.24, 2.45) is 5.92 Å². The molecule has 2 atom stereocenters. The highest BCUT2D eigenvalue weighted by molar-refractivity contribution is 6.08. The summed E-state index contributed by atoms with van der Waals surface area (Å²) in [5, 5.41) is 24.4. The summed E-state index contributed by atoms with van der Waals surface area (Å²) in [6, 6.07) is 1.67. The molecule has 9 nitrogen and oxygen atoms in total. The minimum atomic E-state index is -2.81. The molecule has 2 fully saturated rings. The highest BCUT2D eigenvalue weighted by Gasteiger charge is 2.27. The molecular weight excluding hydrogens is 456 g/mol. The molecule has 0 unspecified atom stereocenters. The normalized spacial score (nSPS) is 25.2. The first-order chi connectivity index (χ1) is 16.9. The largest absolute Gasteiger partial charge is 0.391 e. The summed E-state index contributed by atoms with van der Waals surface area (Å²) in [7, 11) is 0. The van der Waals surface area contributed by atoms with E-state index in [1.807, 2.05) is 0 Å². The van der Waals surface area contributed by atoms with Crippen molar-refractivity contribution in [1.29, 1.82) is 0 Å². The molecule has 35 heavy (non-hydrogen) atoms. The minimum Gasteiger partial charge on any atom is -0.391 e. The molecule has 0 aliphatic heterocycles. The van der Waals surface area contributed by atoms with Gasteiger partial charge >= 0.3 is 0 Å². The van der Waals surface area contributed by atoms with Crippen molar-refractivity contribution < 1.29 is 18.7 Å². The molecule has 1 amide bonds. The number of rotatable bonds is 6. The number of anilines is 2. The minimum absolute atomic E-state index is 0.00239. The third-order valence-electron chi connectivity index (χ3n) is 7.25. The number of nitrogens with one attached hydrogen (secondary N) is 2. The molecule has 0 saturated heterocycles. The summed E-state index contributed by atoms with van der Waals surface area (Å²) in [6.07, 6.45) is 8.68. The SMILES string of the molecule is C[C@H]1CC[C@H](n2cc(NC(=O)c3cnn4ccc(N[C@H]5CCCC[C@H]5O)nc34)c(C(F)F)n2)CC1. The van der Waals surface area contributed by atoms with Gasteiger partial charge in [0.05, 0.1) is 30.1 Å². The Morgan fingerprint density at radius 3 is 2.69 bits per heavy atom. The Morgan fingerprint density at radius 2 is 1.94 bits per heavy atom. The van der Waals surface area contributed by atoms with Crippen LogP contribution in [0.4, 0.5) is 20.3 Å². The van der Waals surface area contributed by atoms with Crippen LogP contribution in [0.5, 0.6) is 0 Å². The Kier molecular flexibility index (Phi) is 6.68. The van der Waals surface area contributed by atoms with Gasteiger partial charge in [-0.15, -0.1) is 0 Å². The first-order valence-corrected chi connectivity index (χ1v) is 12.4. The van der Waals surface area contributed by atoms with Crippen LogP contribution in [0.15, 0.2) is 24.7 Å². The van der Waals surface area contributed by atoms with E-state index in [1.54, 1.807) is 16.9 Å². The van der Waals surface area contributed by atoms with Crippen LogP contribution in [0.25, 0.3) is 5.65 Å². The van der Waals surface area contributed by atoms with Gasteiger partial charge in [0.15, 0.2) is 11.3 Å². The van der Waals surface area contributed by atoms with Crippen molar-refractivity contribution in [3.63, 3.8) is 0 Å². The average Bonchev–Trinajstić information content (AvgIpc) is 3.45. The number of hydrogen-bond donors (Lipinski definition) is 3. The first-order valence-electron chi connectivity index (χ1n) is 12.4. The number of halogens is 2. The van der Waals surface area contributed by atoms with Crippen LogP contribution in [-0.4, -0.2) is 47.5 Å². The molecule has 5 rings (SSSR count). The van der Waals surface area contributed by atoms with E-state index in [1.165, 1.54) is 16.9 Å². The van der Waals surface area contributed by atoms with Crippen molar-refractivity contribution in [1.82, 2.24) is 24.4 Å². The molecule has 0 bridgehead atoms. The van der Waals surface area contributed by atoms with Crippen molar-refractivity contribution >= 4 is 23.1 Å². The van der Waals surface area contributed by atoms with Crippen molar-refractivity contribution in [2.75, 3.05) is 10.6 Å². The second-order valence-corrected chi connectivity index (χ2v) is 9.82. The van der Waals surface area contributed by atoms with Crippen LogP contribution < -0.4 is 10.6 Å². The maximum atomic E-state index is 13.7. The molecule has 0 aromatic carbocycles. The summed E-state index contributed by atoms with van der Waals surface area (Å²) in [6.45, 7) is 2.19. The van der Waals surface area contributed by atoms with E-state index in [9.17, 15) is 18.7 Å². The molecule has 0 radical (unpaired) electrons. The predicted molar refractivity (Wildman–Crippen MR) is 127 cm³/mol. The number of carbonyl (C=O) groups is 1. The number of alkyl halides is 2. The zero-order valence-electron chi connectivity index (χ0n) is 19.7. The summed E-state index contributed by atoms with van der Waals surface area (Å²) < 4.78 is 30.5. The van der Waals surface area contributed by atoms with Gasteiger partial charge in [-0.05, 0) is 50.5 Å². The smallest absolute Gasteiger partial charge is 0.284 e. The number of hydrogen-bond acceptors (Lipinski definition) is 6. The van der Waals surface area contributed by atoms with Crippen LogP contribution in [0, 0.1) is 5.92 Å². The standard InChI is InChI=1S/C24H31F2N7O2/c1-14-6-8-15(9-7-14)33-13-18(21(31-33)22(25)26)29-24(35)16-12-27-32-11-10-20(30-23(16)32)28-17-4-2-3-5-19(17)34/h10-15,17,19,22,34H,2-9H2,1H3,(H,28,30)(H,29,35)/t14-,15-,17-,19+/m0/s1. The van der Waals surface area contributed by atoms with E-state index in [-0.39, 0.29) is 23.3 Å². The molecule has 11 heteroatoms. The Bertz CT molecular complexity index is 1190. The monoisotopic (exact) mass is 487 g/mol. The third kappa shape index (κ3) is 5.00. The Morgan fingerprint density at radius 1 is 1.17 bits per heavy atom. The maximum absolute atomic E-state index is 13.7. The molecule has 2 saturated carbocycles. The van der Waals surface area contributed by atoms with Gasteiger partial charge in [0, 0.05) is 12.4 Å². The number of aliphatic hydroxyl groups is 1. The summed E-state index contributed by atoms with van der Waals surface area (Å²) in [5.41, 5.74) is 0.0278. The fourth-order valence-electron chi connectivity index (χ4n) is 5.13. The Balaban J connectivity index is 1.36. The lowest BCUT2D eigenvalue weighted by Crippen LogP contribution is -2.36. The summed E-state index contributed by atoms with van der Waals surface area (Å²) >= 11 is 0.